The summed E-state index contributed by atoms with van der Waals surface area (Å²) in [6.07, 6.45) is 2.33. The zero-order valence-electron chi connectivity index (χ0n) is 21.0. The zero-order valence-corrected chi connectivity index (χ0v) is 22.5. The van der Waals surface area contributed by atoms with Crippen LogP contribution in [0.5, 0.6) is 5.88 Å². The van der Waals surface area contributed by atoms with Crippen LogP contribution in [0.4, 0.5) is 4.39 Å². The lowest BCUT2D eigenvalue weighted by molar-refractivity contribution is 0.0948. The number of aromatic nitrogens is 6. The lowest BCUT2D eigenvalue weighted by atomic mass is 10.1. The van der Waals surface area contributed by atoms with Gasteiger partial charge in [0.2, 0.25) is 5.88 Å². The van der Waals surface area contributed by atoms with Gasteiger partial charge in [0.1, 0.15) is 29.2 Å². The SMILES string of the molecule is COc1cccc(-c2nnc(CS(=O)(=O)[C@@H](C)[C@H](OC)c3ncc(Cl)cn3)n2CCc2ccc(F)cc2)n1. The van der Waals surface area contributed by atoms with Gasteiger partial charge in [0.05, 0.1) is 17.4 Å². The van der Waals surface area contributed by atoms with Crippen LogP contribution in [-0.4, -0.2) is 57.6 Å². The molecule has 0 radical (unpaired) electrons. The fraction of sp³-hybridized carbons (Fsp3) is 0.320. The third-order valence-corrected chi connectivity index (χ3v) is 8.23. The van der Waals surface area contributed by atoms with Gasteiger partial charge in [0.15, 0.2) is 21.5 Å². The first-order valence-electron chi connectivity index (χ1n) is 11.6. The molecule has 0 aliphatic heterocycles. The molecule has 0 bridgehead atoms. The molecular weight excluding hydrogens is 535 g/mol. The van der Waals surface area contributed by atoms with Crippen molar-refractivity contribution in [1.29, 1.82) is 0 Å². The maximum atomic E-state index is 13.5. The average molecular weight is 561 g/mol. The number of hydrogen-bond acceptors (Lipinski definition) is 9. The van der Waals surface area contributed by atoms with Crippen molar-refractivity contribution in [1.82, 2.24) is 29.7 Å². The smallest absolute Gasteiger partial charge is 0.213 e. The molecule has 0 amide bonds. The first-order chi connectivity index (χ1) is 18.2. The van der Waals surface area contributed by atoms with Crippen LogP contribution in [-0.2, 0) is 33.3 Å². The van der Waals surface area contributed by atoms with Gasteiger partial charge in [-0.1, -0.05) is 29.8 Å². The molecule has 2 atom stereocenters. The predicted octanol–water partition coefficient (Wildman–Crippen LogP) is 3.86. The molecule has 3 aromatic heterocycles. The van der Waals surface area contributed by atoms with Gasteiger partial charge in [-0.2, -0.15) is 0 Å². The number of halogens is 2. The fourth-order valence-corrected chi connectivity index (χ4v) is 5.43. The largest absolute Gasteiger partial charge is 0.481 e. The van der Waals surface area contributed by atoms with Crippen LogP contribution in [0.1, 0.15) is 30.2 Å². The van der Waals surface area contributed by atoms with E-state index in [-0.39, 0.29) is 17.5 Å². The van der Waals surface area contributed by atoms with Crippen molar-refractivity contribution in [3.63, 3.8) is 0 Å². The molecule has 10 nitrogen and oxygen atoms in total. The van der Waals surface area contributed by atoms with Gasteiger partial charge in [0, 0.05) is 32.1 Å². The Hall–Kier alpha value is -3.48. The van der Waals surface area contributed by atoms with Crippen LogP contribution in [0.25, 0.3) is 11.5 Å². The minimum Gasteiger partial charge on any atom is -0.481 e. The first kappa shape index (κ1) is 27.6. The molecule has 0 unspecified atom stereocenters. The standard InChI is InChI=1S/C25H26ClFN6O4S/c1-16(23(37-3)24-28-13-18(26)14-29-24)38(34,35)15-21-31-32-25(20-5-4-6-22(30-20)36-2)33(21)12-11-17-7-9-19(27)10-8-17/h4-10,13-14,16,23H,11-12,15H2,1-3H3/t16-,23-/m0/s1. The molecular formula is C25H26ClFN6O4S. The minimum atomic E-state index is -3.83. The van der Waals surface area contributed by atoms with Gasteiger partial charge in [-0.3, -0.25) is 0 Å². The van der Waals surface area contributed by atoms with Gasteiger partial charge in [-0.15, -0.1) is 10.2 Å². The summed E-state index contributed by atoms with van der Waals surface area (Å²) in [6, 6.07) is 11.3. The Morgan fingerprint density at radius 1 is 1.05 bits per heavy atom. The number of pyridine rings is 1. The molecule has 38 heavy (non-hydrogen) atoms. The first-order valence-corrected chi connectivity index (χ1v) is 13.7. The topological polar surface area (TPSA) is 122 Å². The normalized spacial score (nSPS) is 13.3. The Morgan fingerprint density at radius 3 is 2.42 bits per heavy atom. The summed E-state index contributed by atoms with van der Waals surface area (Å²) in [6.45, 7) is 1.87. The Kier molecular flexibility index (Phi) is 8.65. The van der Waals surface area contributed by atoms with Crippen molar-refractivity contribution < 1.29 is 22.3 Å². The van der Waals surface area contributed by atoms with Gasteiger partial charge >= 0.3 is 0 Å². The van der Waals surface area contributed by atoms with Crippen molar-refractivity contribution in [3.05, 3.63) is 82.9 Å². The Balaban J connectivity index is 1.66. The quantitative estimate of drug-likeness (QED) is 0.269. The maximum absolute atomic E-state index is 13.5. The van der Waals surface area contributed by atoms with E-state index >= 15 is 0 Å². The number of methoxy groups -OCH3 is 2. The number of nitrogens with zero attached hydrogens (tertiary/aromatic N) is 6. The van der Waals surface area contributed by atoms with E-state index in [0.717, 1.165) is 5.56 Å². The second-order valence-corrected chi connectivity index (χ2v) is 11.3. The third kappa shape index (κ3) is 6.32. The van der Waals surface area contributed by atoms with E-state index in [0.29, 0.717) is 35.4 Å². The van der Waals surface area contributed by atoms with E-state index in [2.05, 4.69) is 25.1 Å². The van der Waals surface area contributed by atoms with E-state index in [4.69, 9.17) is 21.1 Å². The van der Waals surface area contributed by atoms with Crippen molar-refractivity contribution >= 4 is 21.4 Å². The molecule has 0 aliphatic rings. The van der Waals surface area contributed by atoms with Gasteiger partial charge in [-0.25, -0.2) is 27.8 Å². The highest BCUT2D eigenvalue weighted by Gasteiger charge is 2.34. The molecule has 4 aromatic rings. The monoisotopic (exact) mass is 560 g/mol. The number of hydrogen-bond donors (Lipinski definition) is 0. The summed E-state index contributed by atoms with van der Waals surface area (Å²) in [7, 11) is -0.935. The van der Waals surface area contributed by atoms with E-state index in [1.54, 1.807) is 34.9 Å². The molecule has 0 fully saturated rings. The number of sulfone groups is 1. The lowest BCUT2D eigenvalue weighted by Gasteiger charge is -2.21. The van der Waals surface area contributed by atoms with Gasteiger partial charge in [-0.05, 0) is 37.1 Å². The lowest BCUT2D eigenvalue weighted by Crippen LogP contribution is -2.30. The number of rotatable bonds is 11. The number of ether oxygens (including phenoxy) is 2. The van der Waals surface area contributed by atoms with Crippen molar-refractivity contribution in [2.45, 2.75) is 37.0 Å². The molecule has 3 heterocycles. The van der Waals surface area contributed by atoms with E-state index in [9.17, 15) is 12.8 Å². The van der Waals surface area contributed by atoms with Crippen molar-refractivity contribution in [2.24, 2.45) is 0 Å². The number of aryl methyl sites for hydroxylation is 1. The second kappa shape index (κ2) is 11.9. The van der Waals surface area contributed by atoms with Crippen LogP contribution in [0.15, 0.2) is 54.9 Å². The van der Waals surface area contributed by atoms with Crippen molar-refractivity contribution in [2.75, 3.05) is 14.2 Å². The molecule has 0 spiro atoms. The average Bonchev–Trinajstić information content (AvgIpc) is 3.31. The highest BCUT2D eigenvalue weighted by atomic mass is 35.5. The Bertz CT molecular complexity index is 1480. The van der Waals surface area contributed by atoms with E-state index < -0.39 is 26.9 Å². The highest BCUT2D eigenvalue weighted by molar-refractivity contribution is 7.91. The molecule has 0 aliphatic carbocycles. The Labute approximate surface area is 224 Å². The summed E-state index contributed by atoms with van der Waals surface area (Å²) < 4.78 is 52.8. The maximum Gasteiger partial charge on any atom is 0.213 e. The molecule has 13 heteroatoms. The molecule has 4 rings (SSSR count). The van der Waals surface area contributed by atoms with Crippen LogP contribution in [0, 0.1) is 5.82 Å². The second-order valence-electron chi connectivity index (χ2n) is 8.46. The molecule has 1 aromatic carbocycles. The third-order valence-electron chi connectivity index (χ3n) is 6.00. The van der Waals surface area contributed by atoms with Crippen LogP contribution in [0.3, 0.4) is 0 Å². The highest BCUT2D eigenvalue weighted by Crippen LogP contribution is 2.27. The van der Waals surface area contributed by atoms with Crippen LogP contribution in [0.2, 0.25) is 5.02 Å². The molecule has 0 saturated heterocycles. The van der Waals surface area contributed by atoms with Gasteiger partial charge in [0.25, 0.3) is 0 Å². The molecule has 0 saturated carbocycles. The summed E-state index contributed by atoms with van der Waals surface area (Å²) in [5, 5.41) is 7.80. The minimum absolute atomic E-state index is 0.201. The van der Waals surface area contributed by atoms with Gasteiger partial charge < -0.3 is 14.0 Å². The van der Waals surface area contributed by atoms with E-state index in [1.807, 2.05) is 0 Å². The fourth-order valence-electron chi connectivity index (χ4n) is 3.89. The zero-order chi connectivity index (χ0) is 27.3. The van der Waals surface area contributed by atoms with Crippen LogP contribution >= 0.6 is 11.6 Å². The Morgan fingerprint density at radius 2 is 1.76 bits per heavy atom. The number of benzene rings is 1. The summed E-state index contributed by atoms with van der Waals surface area (Å²) in [4.78, 5) is 12.7. The van der Waals surface area contributed by atoms with E-state index in [1.165, 1.54) is 45.7 Å². The van der Waals surface area contributed by atoms with Crippen molar-refractivity contribution in [3.8, 4) is 17.4 Å². The molecule has 0 N–H and O–H groups in total. The predicted molar refractivity (Wildman–Crippen MR) is 139 cm³/mol. The van der Waals surface area contributed by atoms with Crippen LogP contribution < -0.4 is 4.74 Å². The summed E-state index contributed by atoms with van der Waals surface area (Å²) in [5.41, 5.74) is 1.34. The molecule has 200 valence electrons. The summed E-state index contributed by atoms with van der Waals surface area (Å²) in [5.74, 6) is 0.439. The summed E-state index contributed by atoms with van der Waals surface area (Å²) >= 11 is 5.87.